The van der Waals surface area contributed by atoms with Gasteiger partial charge in [-0.1, -0.05) is 6.07 Å². The van der Waals surface area contributed by atoms with E-state index in [2.05, 4.69) is 32.0 Å². The number of pyridine rings is 1. The molecule has 0 radical (unpaired) electrons. The quantitative estimate of drug-likeness (QED) is 0.530. The molecule has 2 aliphatic heterocycles. The Hall–Kier alpha value is -3.95. The molecule has 6 rings (SSSR count). The maximum atomic E-state index is 13.4. The largest absolute Gasteiger partial charge is 0.496 e. The number of carbonyl (C=O) groups excluding carboxylic acids is 2. The van der Waals surface area contributed by atoms with Crippen molar-refractivity contribution in [3.8, 4) is 17.3 Å². The van der Waals surface area contributed by atoms with Crippen LogP contribution in [0.5, 0.6) is 5.75 Å². The fraction of sp³-hybridized carbons (Fsp3) is 0.464. The molecule has 0 saturated heterocycles. The number of fused-ring (bicyclic) bond motifs is 2. The number of aryl methyl sites for hydroxylation is 1. The third kappa shape index (κ3) is 4.59. The molecule has 3 aromatic rings. The molecule has 1 atom stereocenters. The molecule has 10 nitrogen and oxygen atoms in total. The number of hydrogen-bond acceptors (Lipinski definition) is 7. The molecule has 4 heterocycles. The molecule has 1 fully saturated rings. The van der Waals surface area contributed by atoms with Crippen LogP contribution in [0.4, 0.5) is 10.6 Å². The third-order valence-electron chi connectivity index (χ3n) is 7.82. The minimum atomic E-state index is -0.334. The predicted molar refractivity (Wildman–Crippen MR) is 140 cm³/mol. The van der Waals surface area contributed by atoms with Gasteiger partial charge in [0.05, 0.1) is 12.7 Å². The van der Waals surface area contributed by atoms with Gasteiger partial charge in [-0.3, -0.25) is 4.79 Å². The number of nitrogens with zero attached hydrogens (tertiary/aromatic N) is 5. The lowest BCUT2D eigenvalue weighted by molar-refractivity contribution is 0.0618. The van der Waals surface area contributed by atoms with Crippen molar-refractivity contribution in [3.63, 3.8) is 0 Å². The number of rotatable bonds is 5. The first kappa shape index (κ1) is 24.4. The summed E-state index contributed by atoms with van der Waals surface area (Å²) in [5.74, 6) is 2.24. The molecule has 0 bridgehead atoms. The number of aromatic nitrogens is 4. The Morgan fingerprint density at radius 3 is 2.71 bits per heavy atom. The van der Waals surface area contributed by atoms with E-state index < -0.39 is 0 Å². The van der Waals surface area contributed by atoms with Gasteiger partial charge in [0.25, 0.3) is 5.91 Å². The van der Waals surface area contributed by atoms with Gasteiger partial charge in [-0.05, 0) is 80.8 Å². The van der Waals surface area contributed by atoms with Crippen LogP contribution < -0.4 is 10.1 Å². The van der Waals surface area contributed by atoms with Crippen molar-refractivity contribution in [1.82, 2.24) is 24.6 Å². The molecule has 1 aliphatic carbocycles. The Labute approximate surface area is 221 Å². The van der Waals surface area contributed by atoms with Gasteiger partial charge in [0, 0.05) is 25.6 Å². The van der Waals surface area contributed by atoms with Crippen LogP contribution in [0.2, 0.25) is 0 Å². The fourth-order valence-electron chi connectivity index (χ4n) is 5.72. The molecule has 10 heteroatoms. The van der Waals surface area contributed by atoms with E-state index in [4.69, 9.17) is 9.47 Å². The lowest BCUT2D eigenvalue weighted by Crippen LogP contribution is -2.38. The second-order valence-corrected chi connectivity index (χ2v) is 10.3. The first-order valence-corrected chi connectivity index (χ1v) is 13.4. The molecule has 38 heavy (non-hydrogen) atoms. The van der Waals surface area contributed by atoms with E-state index in [1.54, 1.807) is 18.1 Å². The van der Waals surface area contributed by atoms with Crippen molar-refractivity contribution in [2.75, 3.05) is 19.0 Å². The Morgan fingerprint density at radius 1 is 1.05 bits per heavy atom. The van der Waals surface area contributed by atoms with E-state index in [0.29, 0.717) is 54.2 Å². The summed E-state index contributed by atoms with van der Waals surface area (Å²) in [6, 6.07) is 9.49. The molecule has 3 aliphatic rings. The van der Waals surface area contributed by atoms with Gasteiger partial charge < -0.3 is 24.3 Å². The van der Waals surface area contributed by atoms with Crippen molar-refractivity contribution in [1.29, 1.82) is 0 Å². The third-order valence-corrected chi connectivity index (χ3v) is 7.82. The summed E-state index contributed by atoms with van der Waals surface area (Å²) < 4.78 is 13.4. The van der Waals surface area contributed by atoms with Gasteiger partial charge in [-0.15, -0.1) is 10.2 Å². The maximum absolute atomic E-state index is 13.4. The van der Waals surface area contributed by atoms with Crippen molar-refractivity contribution in [2.45, 2.75) is 70.6 Å². The van der Waals surface area contributed by atoms with Crippen molar-refractivity contribution < 1.29 is 19.1 Å². The van der Waals surface area contributed by atoms with E-state index in [1.165, 1.54) is 0 Å². The lowest BCUT2D eigenvalue weighted by Gasteiger charge is -2.30. The Bertz CT molecular complexity index is 1380. The number of amides is 2. The van der Waals surface area contributed by atoms with E-state index in [9.17, 15) is 9.59 Å². The Balaban J connectivity index is 1.21. The minimum absolute atomic E-state index is 0.0198. The summed E-state index contributed by atoms with van der Waals surface area (Å²) in [7, 11) is 1.55. The molecular weight excluding hydrogens is 484 g/mol. The van der Waals surface area contributed by atoms with Gasteiger partial charge in [0.1, 0.15) is 29.2 Å². The second kappa shape index (κ2) is 10.1. The Morgan fingerprint density at radius 2 is 1.89 bits per heavy atom. The average molecular weight is 517 g/mol. The van der Waals surface area contributed by atoms with E-state index >= 15 is 0 Å². The fourth-order valence-corrected chi connectivity index (χ4v) is 5.72. The van der Waals surface area contributed by atoms with Crippen LogP contribution in [-0.2, 0) is 24.1 Å². The predicted octanol–water partition coefficient (Wildman–Crippen LogP) is 4.55. The van der Waals surface area contributed by atoms with Crippen LogP contribution in [0.3, 0.4) is 0 Å². The van der Waals surface area contributed by atoms with E-state index in [0.717, 1.165) is 55.5 Å². The number of nitrogens with one attached hydrogen (secondary N) is 1. The summed E-state index contributed by atoms with van der Waals surface area (Å²) >= 11 is 0. The molecule has 1 N–H and O–H groups in total. The average Bonchev–Trinajstić information content (AvgIpc) is 3.68. The zero-order valence-corrected chi connectivity index (χ0v) is 21.8. The molecule has 2 amide bonds. The standard InChI is InChI=1S/C28H32N6O4/c1-17-10-11-25-31-32-26(34(17)25)22-8-5-9-24(29-22)30-27(35)21-14-19-16-33(13-12-18(19)15-23(21)37-2)28(36)38-20-6-3-4-7-20/h5,8-9,14-15,17,20H,3-4,6-7,10-13,16H2,1-2H3,(H,29,30,35)/t17-/m1/s1. The van der Waals surface area contributed by atoms with Gasteiger partial charge in [0.2, 0.25) is 0 Å². The molecule has 0 spiro atoms. The lowest BCUT2D eigenvalue weighted by atomic mass is 9.96. The second-order valence-electron chi connectivity index (χ2n) is 10.3. The number of ether oxygens (including phenoxy) is 2. The summed E-state index contributed by atoms with van der Waals surface area (Å²) in [4.78, 5) is 32.5. The molecule has 0 unspecified atom stereocenters. The summed E-state index contributed by atoms with van der Waals surface area (Å²) in [5, 5.41) is 11.6. The van der Waals surface area contributed by atoms with Crippen molar-refractivity contribution >= 4 is 17.8 Å². The van der Waals surface area contributed by atoms with E-state index in [1.807, 2.05) is 24.3 Å². The summed E-state index contributed by atoms with van der Waals surface area (Å²) in [6.45, 7) is 3.12. The highest BCUT2D eigenvalue weighted by Crippen LogP contribution is 2.32. The zero-order valence-electron chi connectivity index (χ0n) is 21.8. The van der Waals surface area contributed by atoms with Crippen molar-refractivity contribution in [2.24, 2.45) is 0 Å². The van der Waals surface area contributed by atoms with Crippen LogP contribution in [0, 0.1) is 0 Å². The van der Waals surface area contributed by atoms with Crippen LogP contribution in [0.15, 0.2) is 30.3 Å². The Kier molecular flexibility index (Phi) is 6.47. The molecule has 1 aromatic carbocycles. The molecule has 1 saturated carbocycles. The van der Waals surface area contributed by atoms with Gasteiger partial charge in [-0.2, -0.15) is 0 Å². The number of carbonyl (C=O) groups is 2. The molecule has 198 valence electrons. The van der Waals surface area contributed by atoms with Crippen LogP contribution in [-0.4, -0.2) is 56.4 Å². The normalized spacial score (nSPS) is 18.7. The highest BCUT2D eigenvalue weighted by molar-refractivity contribution is 6.06. The van der Waals surface area contributed by atoms with Crippen LogP contribution in [0.25, 0.3) is 11.5 Å². The number of anilines is 1. The summed E-state index contributed by atoms with van der Waals surface area (Å²) in [5.41, 5.74) is 3.03. The van der Waals surface area contributed by atoms with Gasteiger partial charge in [-0.25, -0.2) is 9.78 Å². The topological polar surface area (TPSA) is 111 Å². The van der Waals surface area contributed by atoms with Crippen LogP contribution >= 0.6 is 0 Å². The molecular formula is C28H32N6O4. The number of benzene rings is 1. The first-order chi connectivity index (χ1) is 18.5. The minimum Gasteiger partial charge on any atom is -0.496 e. The monoisotopic (exact) mass is 516 g/mol. The smallest absolute Gasteiger partial charge is 0.410 e. The highest BCUT2D eigenvalue weighted by atomic mass is 16.6. The summed E-state index contributed by atoms with van der Waals surface area (Å²) in [6.07, 6.45) is 6.44. The highest BCUT2D eigenvalue weighted by Gasteiger charge is 2.28. The van der Waals surface area contributed by atoms with E-state index in [-0.39, 0.29) is 18.1 Å². The number of hydrogen-bond donors (Lipinski definition) is 1. The van der Waals surface area contributed by atoms with Crippen molar-refractivity contribution in [3.05, 3.63) is 52.8 Å². The maximum Gasteiger partial charge on any atom is 0.410 e. The molecule has 2 aromatic heterocycles. The zero-order chi connectivity index (χ0) is 26.2. The number of methoxy groups -OCH3 is 1. The van der Waals surface area contributed by atoms with Crippen LogP contribution in [0.1, 0.15) is 72.4 Å². The first-order valence-electron chi connectivity index (χ1n) is 13.4. The van der Waals surface area contributed by atoms with Gasteiger partial charge in [0.15, 0.2) is 5.82 Å². The SMILES string of the molecule is COc1cc2c(cc1C(=O)Nc1cccc(-c3nnc4n3[C@H](C)CC4)n1)CN(C(=O)OC1CCCC1)CC2. The van der Waals surface area contributed by atoms with Gasteiger partial charge >= 0.3 is 6.09 Å².